The van der Waals surface area contributed by atoms with Gasteiger partial charge in [0.05, 0.1) is 5.92 Å². The van der Waals surface area contributed by atoms with Gasteiger partial charge in [-0.25, -0.2) is 0 Å². The van der Waals surface area contributed by atoms with E-state index in [2.05, 4.69) is 26.8 Å². The van der Waals surface area contributed by atoms with Gasteiger partial charge < -0.3 is 9.47 Å². The molecule has 0 N–H and O–H groups in total. The summed E-state index contributed by atoms with van der Waals surface area (Å²) in [5, 5.41) is 0. The number of hydrogen-bond acceptors (Lipinski definition) is 4. The van der Waals surface area contributed by atoms with E-state index in [0.29, 0.717) is 12.5 Å². The number of carbonyl (C=O) groups excluding carboxylic acids is 2. The fourth-order valence-electron chi connectivity index (χ4n) is 5.00. The van der Waals surface area contributed by atoms with Crippen LogP contribution >= 0.6 is 0 Å². The summed E-state index contributed by atoms with van der Waals surface area (Å²) < 4.78 is 10.8. The lowest BCUT2D eigenvalue weighted by Gasteiger charge is -2.57. The average molecular weight is 292 g/mol. The normalized spacial score (nSPS) is 40.7. The van der Waals surface area contributed by atoms with Crippen LogP contribution in [0, 0.1) is 22.7 Å². The molecule has 2 fully saturated rings. The predicted octanol–water partition coefficient (Wildman–Crippen LogP) is 2.86. The van der Waals surface area contributed by atoms with E-state index in [1.807, 2.05) is 0 Å². The second kappa shape index (κ2) is 4.59. The lowest BCUT2D eigenvalue weighted by Crippen LogP contribution is -2.55. The zero-order valence-electron chi connectivity index (χ0n) is 13.3. The molecule has 0 spiro atoms. The van der Waals surface area contributed by atoms with E-state index < -0.39 is 0 Å². The molecule has 1 saturated heterocycles. The number of fused-ring (bicyclic) bond motifs is 3. The summed E-state index contributed by atoms with van der Waals surface area (Å²) in [5.41, 5.74) is 0.932. The molecule has 0 bridgehead atoms. The predicted molar refractivity (Wildman–Crippen MR) is 77.3 cm³/mol. The molecule has 4 nitrogen and oxygen atoms in total. The van der Waals surface area contributed by atoms with Crippen LogP contribution < -0.4 is 0 Å². The van der Waals surface area contributed by atoms with Crippen molar-refractivity contribution in [1.29, 1.82) is 0 Å². The molecule has 116 valence electrons. The van der Waals surface area contributed by atoms with Gasteiger partial charge in [0.25, 0.3) is 0 Å². The third kappa shape index (κ3) is 2.02. The van der Waals surface area contributed by atoms with E-state index >= 15 is 0 Å². The Morgan fingerprint density at radius 3 is 2.76 bits per heavy atom. The highest BCUT2D eigenvalue weighted by atomic mass is 16.5. The van der Waals surface area contributed by atoms with Crippen LogP contribution in [-0.4, -0.2) is 24.6 Å². The minimum absolute atomic E-state index is 0.0690. The van der Waals surface area contributed by atoms with Gasteiger partial charge in [0, 0.05) is 12.3 Å². The van der Waals surface area contributed by atoms with E-state index in [1.54, 1.807) is 0 Å². The number of allylic oxidation sites excluding steroid dienone is 1. The lowest BCUT2D eigenvalue weighted by atomic mass is 9.48. The molecule has 3 rings (SSSR count). The number of rotatable bonds is 1. The lowest BCUT2D eigenvalue weighted by molar-refractivity contribution is -0.175. The van der Waals surface area contributed by atoms with Gasteiger partial charge in [-0.15, -0.1) is 0 Å². The Kier molecular flexibility index (Phi) is 3.19. The number of cyclic esters (lactones) is 1. The fourth-order valence-corrected chi connectivity index (χ4v) is 5.00. The van der Waals surface area contributed by atoms with Crippen molar-refractivity contribution < 1.29 is 19.1 Å². The average Bonchev–Trinajstić information content (AvgIpc) is 2.76. The SMILES string of the molecule is CC(=O)O[C@H]1CC[C@]2(C)[C@H]3C(=O)OCC3=CC[C@H]2C1(C)C. The van der Waals surface area contributed by atoms with Gasteiger partial charge in [0.15, 0.2) is 0 Å². The highest BCUT2D eigenvalue weighted by Gasteiger charge is 2.60. The topological polar surface area (TPSA) is 52.6 Å². The summed E-state index contributed by atoms with van der Waals surface area (Å²) in [6, 6.07) is 0. The number of carbonyl (C=O) groups is 2. The van der Waals surface area contributed by atoms with Crippen molar-refractivity contribution in [3.8, 4) is 0 Å². The van der Waals surface area contributed by atoms with E-state index in [4.69, 9.17) is 9.47 Å². The van der Waals surface area contributed by atoms with Crippen LogP contribution in [0.25, 0.3) is 0 Å². The Hall–Kier alpha value is -1.32. The number of esters is 2. The molecule has 2 aliphatic carbocycles. The molecule has 1 heterocycles. The first-order chi connectivity index (χ1) is 9.76. The maximum absolute atomic E-state index is 12.2. The van der Waals surface area contributed by atoms with Crippen molar-refractivity contribution in [2.75, 3.05) is 6.61 Å². The summed E-state index contributed by atoms with van der Waals surface area (Å²) in [6.45, 7) is 8.48. The summed E-state index contributed by atoms with van der Waals surface area (Å²) in [7, 11) is 0. The number of hydrogen-bond donors (Lipinski definition) is 0. The van der Waals surface area contributed by atoms with E-state index in [-0.39, 0.29) is 34.8 Å². The molecule has 1 saturated carbocycles. The molecule has 3 aliphatic rings. The maximum atomic E-state index is 12.2. The van der Waals surface area contributed by atoms with Gasteiger partial charge in [-0.1, -0.05) is 26.8 Å². The quantitative estimate of drug-likeness (QED) is 0.551. The van der Waals surface area contributed by atoms with Crippen molar-refractivity contribution >= 4 is 11.9 Å². The Labute approximate surface area is 125 Å². The van der Waals surface area contributed by atoms with Crippen molar-refractivity contribution in [3.63, 3.8) is 0 Å². The van der Waals surface area contributed by atoms with Crippen LogP contribution in [0.1, 0.15) is 47.0 Å². The minimum Gasteiger partial charge on any atom is -0.462 e. The zero-order chi connectivity index (χ0) is 15.4. The number of ether oxygens (including phenoxy) is 2. The van der Waals surface area contributed by atoms with E-state index in [9.17, 15) is 9.59 Å². The van der Waals surface area contributed by atoms with Crippen molar-refractivity contribution in [1.82, 2.24) is 0 Å². The Bertz CT molecular complexity index is 519. The van der Waals surface area contributed by atoms with Crippen molar-refractivity contribution in [3.05, 3.63) is 11.6 Å². The van der Waals surface area contributed by atoms with Gasteiger partial charge in [-0.2, -0.15) is 0 Å². The molecule has 0 aromatic heterocycles. The Balaban J connectivity index is 1.96. The van der Waals surface area contributed by atoms with Crippen LogP contribution in [0.3, 0.4) is 0 Å². The molecule has 4 heteroatoms. The molecule has 4 atom stereocenters. The molecular formula is C17H24O4. The van der Waals surface area contributed by atoms with Gasteiger partial charge in [0.2, 0.25) is 0 Å². The Morgan fingerprint density at radius 1 is 1.38 bits per heavy atom. The molecule has 0 aromatic carbocycles. The molecule has 1 aliphatic heterocycles. The van der Waals surface area contributed by atoms with E-state index in [1.165, 1.54) is 6.92 Å². The first-order valence-corrected chi connectivity index (χ1v) is 7.79. The molecule has 0 unspecified atom stereocenters. The van der Waals surface area contributed by atoms with Crippen LogP contribution in [0.2, 0.25) is 0 Å². The molecule has 0 radical (unpaired) electrons. The first-order valence-electron chi connectivity index (χ1n) is 7.79. The summed E-state index contributed by atoms with van der Waals surface area (Å²) in [6.07, 6.45) is 4.76. The summed E-state index contributed by atoms with van der Waals surface area (Å²) in [5.74, 6) is -0.0736. The third-order valence-electron chi connectivity index (χ3n) is 6.04. The third-order valence-corrected chi connectivity index (χ3v) is 6.04. The van der Waals surface area contributed by atoms with Gasteiger partial charge in [-0.05, 0) is 36.2 Å². The maximum Gasteiger partial charge on any atom is 0.314 e. The van der Waals surface area contributed by atoms with Crippen molar-refractivity contribution in [2.24, 2.45) is 22.7 Å². The summed E-state index contributed by atoms with van der Waals surface area (Å²) in [4.78, 5) is 23.6. The first kappa shape index (κ1) is 14.6. The molecule has 0 amide bonds. The monoisotopic (exact) mass is 292 g/mol. The van der Waals surface area contributed by atoms with Crippen LogP contribution in [0.5, 0.6) is 0 Å². The molecular weight excluding hydrogens is 268 g/mol. The van der Waals surface area contributed by atoms with Gasteiger partial charge >= 0.3 is 11.9 Å². The smallest absolute Gasteiger partial charge is 0.314 e. The van der Waals surface area contributed by atoms with Crippen molar-refractivity contribution in [2.45, 2.75) is 53.1 Å². The minimum atomic E-state index is -0.219. The van der Waals surface area contributed by atoms with Crippen LogP contribution in [0.15, 0.2) is 11.6 Å². The molecule has 21 heavy (non-hydrogen) atoms. The summed E-state index contributed by atoms with van der Waals surface area (Å²) >= 11 is 0. The van der Waals surface area contributed by atoms with E-state index in [0.717, 1.165) is 24.8 Å². The molecule has 0 aromatic rings. The second-order valence-corrected chi connectivity index (χ2v) is 7.57. The second-order valence-electron chi connectivity index (χ2n) is 7.57. The largest absolute Gasteiger partial charge is 0.462 e. The highest BCUT2D eigenvalue weighted by molar-refractivity contribution is 5.80. The standard InChI is InChI=1S/C17H24O4/c1-10(18)21-13-7-8-17(4)12(16(13,2)3)6-5-11-9-20-15(19)14(11)17/h5,12-14H,6-9H2,1-4H3/t12-,13-,14+,17-/m0/s1. The highest BCUT2D eigenvalue weighted by Crippen LogP contribution is 2.61. The Morgan fingerprint density at radius 2 is 2.10 bits per heavy atom. The van der Waals surface area contributed by atoms with Crippen LogP contribution in [0.4, 0.5) is 0 Å². The zero-order valence-corrected chi connectivity index (χ0v) is 13.3. The fraction of sp³-hybridized carbons (Fsp3) is 0.765. The van der Waals surface area contributed by atoms with Gasteiger partial charge in [-0.3, -0.25) is 9.59 Å². The van der Waals surface area contributed by atoms with Crippen LogP contribution in [-0.2, 0) is 19.1 Å². The van der Waals surface area contributed by atoms with Gasteiger partial charge in [0.1, 0.15) is 12.7 Å².